The highest BCUT2D eigenvalue weighted by atomic mass is 19.4. The molecule has 4 N–H and O–H groups in total. The van der Waals surface area contributed by atoms with Gasteiger partial charge in [-0.25, -0.2) is 9.78 Å². The van der Waals surface area contributed by atoms with Gasteiger partial charge in [-0.1, -0.05) is 6.07 Å². The van der Waals surface area contributed by atoms with Crippen molar-refractivity contribution in [3.05, 3.63) is 30.0 Å². The van der Waals surface area contributed by atoms with Crippen LogP contribution in [0.15, 0.2) is 24.4 Å². The largest absolute Gasteiger partial charge is 0.444 e. The smallest absolute Gasteiger partial charge is 0.416 e. The summed E-state index contributed by atoms with van der Waals surface area (Å²) in [5, 5.41) is 2.34. The zero-order valence-electron chi connectivity index (χ0n) is 13.3. The number of nitrogens with one attached hydrogen (secondary N) is 2. The Morgan fingerprint density at radius 2 is 1.96 bits per heavy atom. The summed E-state index contributed by atoms with van der Waals surface area (Å²) in [6.45, 7) is 4.94. The summed E-state index contributed by atoms with van der Waals surface area (Å²) in [5.74, 6) is 0.105. The quantitative estimate of drug-likeness (QED) is 0.768. The summed E-state index contributed by atoms with van der Waals surface area (Å²) >= 11 is 0. The number of amides is 1. The highest BCUT2D eigenvalue weighted by Gasteiger charge is 2.31. The number of imidazole rings is 1. The van der Waals surface area contributed by atoms with Gasteiger partial charge in [0.25, 0.3) is 0 Å². The number of nitrogens with zero attached hydrogens (tertiary/aromatic N) is 1. The second kappa shape index (κ2) is 6.06. The van der Waals surface area contributed by atoms with Crippen LogP contribution in [0.2, 0.25) is 0 Å². The minimum Gasteiger partial charge on any atom is -0.444 e. The number of hydrogen-bond donors (Lipinski definition) is 3. The third-order valence-electron chi connectivity index (χ3n) is 2.87. The topological polar surface area (TPSA) is 93.0 Å². The molecule has 1 aromatic heterocycles. The summed E-state index contributed by atoms with van der Waals surface area (Å²) in [5.41, 5.74) is 4.41. The Morgan fingerprint density at radius 3 is 2.46 bits per heavy atom. The Balaban J connectivity index is 2.42. The Hall–Kier alpha value is -2.71. The summed E-state index contributed by atoms with van der Waals surface area (Å²) < 4.78 is 43.9. The summed E-state index contributed by atoms with van der Waals surface area (Å²) in [7, 11) is 0. The minimum atomic E-state index is -4.55. The number of nitrogen functional groups attached to an aromatic ring is 1. The molecule has 130 valence electrons. The van der Waals surface area contributed by atoms with E-state index in [0.717, 1.165) is 12.1 Å². The van der Waals surface area contributed by atoms with E-state index in [-0.39, 0.29) is 11.6 Å². The van der Waals surface area contributed by atoms with E-state index >= 15 is 0 Å². The predicted molar refractivity (Wildman–Crippen MR) is 83.3 cm³/mol. The minimum absolute atomic E-state index is 0.0669. The molecule has 9 heteroatoms. The molecular formula is C15H17F3N4O2. The first-order valence-electron chi connectivity index (χ1n) is 6.98. The van der Waals surface area contributed by atoms with Crippen molar-refractivity contribution in [3.8, 4) is 11.3 Å². The molecule has 6 nitrogen and oxygen atoms in total. The molecular weight excluding hydrogens is 325 g/mol. The number of benzene rings is 1. The van der Waals surface area contributed by atoms with Crippen molar-refractivity contribution in [2.75, 3.05) is 11.1 Å². The number of anilines is 2. The van der Waals surface area contributed by atoms with Crippen LogP contribution >= 0.6 is 0 Å². The Kier molecular flexibility index (Phi) is 4.46. The molecule has 2 rings (SSSR count). The Morgan fingerprint density at radius 1 is 1.29 bits per heavy atom. The molecule has 0 atom stereocenters. The van der Waals surface area contributed by atoms with Crippen LogP contribution in [0, 0.1) is 0 Å². The lowest BCUT2D eigenvalue weighted by atomic mass is 10.1. The second-order valence-corrected chi connectivity index (χ2v) is 6.07. The predicted octanol–water partition coefficient (Wildman–Crippen LogP) is 4.02. The van der Waals surface area contributed by atoms with Gasteiger partial charge in [0, 0.05) is 5.56 Å². The number of alkyl halides is 3. The maximum absolute atomic E-state index is 12.9. The van der Waals surface area contributed by atoms with E-state index in [1.54, 1.807) is 20.8 Å². The second-order valence-electron chi connectivity index (χ2n) is 6.07. The Labute approximate surface area is 136 Å². The molecule has 0 aliphatic rings. The van der Waals surface area contributed by atoms with E-state index in [1.807, 2.05) is 0 Å². The molecule has 0 aliphatic carbocycles. The lowest BCUT2D eigenvalue weighted by molar-refractivity contribution is -0.137. The van der Waals surface area contributed by atoms with Crippen LogP contribution in [0.3, 0.4) is 0 Å². The maximum Gasteiger partial charge on any atom is 0.416 e. The molecule has 1 amide bonds. The molecule has 0 fully saturated rings. The van der Waals surface area contributed by atoms with Gasteiger partial charge >= 0.3 is 12.3 Å². The van der Waals surface area contributed by atoms with Crippen LogP contribution in [0.4, 0.5) is 29.6 Å². The van der Waals surface area contributed by atoms with Crippen molar-refractivity contribution in [2.24, 2.45) is 0 Å². The van der Waals surface area contributed by atoms with Gasteiger partial charge < -0.3 is 15.5 Å². The number of nitrogens with two attached hydrogens (primary N) is 1. The molecule has 0 saturated carbocycles. The first kappa shape index (κ1) is 17.6. The zero-order valence-corrected chi connectivity index (χ0v) is 13.3. The van der Waals surface area contributed by atoms with E-state index in [4.69, 9.17) is 10.5 Å². The van der Waals surface area contributed by atoms with E-state index in [2.05, 4.69) is 15.3 Å². The van der Waals surface area contributed by atoms with E-state index in [9.17, 15) is 18.0 Å². The van der Waals surface area contributed by atoms with Gasteiger partial charge in [0.05, 0.1) is 23.1 Å². The summed E-state index contributed by atoms with van der Waals surface area (Å²) in [6.07, 6.45) is -4.05. The van der Waals surface area contributed by atoms with Crippen molar-refractivity contribution in [2.45, 2.75) is 32.5 Å². The molecule has 0 unspecified atom stereocenters. The average Bonchev–Trinajstić information content (AvgIpc) is 2.81. The first-order chi connectivity index (χ1) is 11.0. The molecule has 0 spiro atoms. The Bertz CT molecular complexity index is 748. The SMILES string of the molecule is CC(C)(C)OC(=O)Nc1cc(C(F)(F)F)ccc1-c1cnc(N)[nH]1. The molecule has 0 aliphatic heterocycles. The van der Waals surface area contributed by atoms with Crippen LogP contribution in [0.25, 0.3) is 11.3 Å². The van der Waals surface area contributed by atoms with Gasteiger partial charge in [0.1, 0.15) is 5.60 Å². The number of carbonyl (C=O) groups is 1. The van der Waals surface area contributed by atoms with Crippen LogP contribution in [0.5, 0.6) is 0 Å². The van der Waals surface area contributed by atoms with E-state index in [0.29, 0.717) is 11.3 Å². The van der Waals surface area contributed by atoms with Gasteiger partial charge in [0.2, 0.25) is 0 Å². The maximum atomic E-state index is 12.9. The van der Waals surface area contributed by atoms with Crippen LogP contribution in [-0.2, 0) is 10.9 Å². The third-order valence-corrected chi connectivity index (χ3v) is 2.87. The van der Waals surface area contributed by atoms with Crippen LogP contribution in [-0.4, -0.2) is 21.7 Å². The number of halogens is 3. The van der Waals surface area contributed by atoms with Crippen molar-refractivity contribution in [3.63, 3.8) is 0 Å². The van der Waals surface area contributed by atoms with Gasteiger partial charge in [0.15, 0.2) is 5.95 Å². The lowest BCUT2D eigenvalue weighted by Gasteiger charge is -2.21. The molecule has 1 aromatic carbocycles. The van der Waals surface area contributed by atoms with Gasteiger partial charge in [-0.15, -0.1) is 0 Å². The highest BCUT2D eigenvalue weighted by Crippen LogP contribution is 2.35. The number of rotatable bonds is 2. The first-order valence-corrected chi connectivity index (χ1v) is 6.98. The molecule has 0 saturated heterocycles. The fourth-order valence-electron chi connectivity index (χ4n) is 1.95. The molecule has 24 heavy (non-hydrogen) atoms. The summed E-state index contributed by atoms with van der Waals surface area (Å²) in [4.78, 5) is 18.4. The monoisotopic (exact) mass is 342 g/mol. The molecule has 2 aromatic rings. The highest BCUT2D eigenvalue weighted by molar-refractivity contribution is 5.91. The fraction of sp³-hybridized carbons (Fsp3) is 0.333. The molecule has 1 heterocycles. The van der Waals surface area contributed by atoms with Crippen molar-refractivity contribution >= 4 is 17.7 Å². The van der Waals surface area contributed by atoms with Gasteiger partial charge in [-0.3, -0.25) is 5.32 Å². The van der Waals surface area contributed by atoms with E-state index < -0.39 is 23.4 Å². The van der Waals surface area contributed by atoms with Crippen molar-refractivity contribution < 1.29 is 22.7 Å². The van der Waals surface area contributed by atoms with Gasteiger partial charge in [-0.05, 0) is 32.9 Å². The number of carbonyl (C=O) groups excluding carboxylic acids is 1. The van der Waals surface area contributed by atoms with Gasteiger partial charge in [-0.2, -0.15) is 13.2 Å². The zero-order chi connectivity index (χ0) is 18.1. The number of H-pyrrole nitrogens is 1. The van der Waals surface area contributed by atoms with Crippen molar-refractivity contribution in [1.82, 2.24) is 9.97 Å². The number of hydrogen-bond acceptors (Lipinski definition) is 4. The average molecular weight is 342 g/mol. The molecule has 0 bridgehead atoms. The number of ether oxygens (including phenoxy) is 1. The number of aromatic nitrogens is 2. The summed E-state index contributed by atoms with van der Waals surface area (Å²) in [6, 6.07) is 2.96. The third kappa shape index (κ3) is 4.40. The van der Waals surface area contributed by atoms with E-state index in [1.165, 1.54) is 12.3 Å². The normalized spacial score (nSPS) is 12.1. The lowest BCUT2D eigenvalue weighted by Crippen LogP contribution is -2.27. The van der Waals surface area contributed by atoms with Crippen LogP contribution in [0.1, 0.15) is 26.3 Å². The van der Waals surface area contributed by atoms with Crippen molar-refractivity contribution in [1.29, 1.82) is 0 Å². The molecule has 0 radical (unpaired) electrons. The fourth-order valence-corrected chi connectivity index (χ4v) is 1.95. The van der Waals surface area contributed by atoms with Crippen LogP contribution < -0.4 is 11.1 Å². The number of aromatic amines is 1. The standard InChI is InChI=1S/C15H17F3N4O2/c1-14(2,3)24-13(23)22-10-6-8(15(16,17)18)4-5-9(10)11-7-20-12(19)21-11/h4-7H,1-3H3,(H,22,23)(H3,19,20,21).